The smallest absolute Gasteiger partial charge is 0.324 e. The maximum Gasteiger partial charge on any atom is 0.324 e. The van der Waals surface area contributed by atoms with Crippen LogP contribution >= 0.6 is 0 Å². The van der Waals surface area contributed by atoms with Gasteiger partial charge in [0.2, 0.25) is 6.41 Å². The Morgan fingerprint density at radius 1 is 1.36 bits per heavy atom. The molecule has 1 unspecified atom stereocenters. The molecule has 0 spiro atoms. The first-order valence-corrected chi connectivity index (χ1v) is 6.77. The van der Waals surface area contributed by atoms with Gasteiger partial charge >= 0.3 is 9.28 Å². The molecular weight excluding hydrogens is 198 g/mol. The first-order chi connectivity index (χ1) is 6.76. The number of hydrogen-bond donors (Lipinski definition) is 1. The fourth-order valence-corrected chi connectivity index (χ4v) is 3.06. The van der Waals surface area contributed by atoms with Crippen LogP contribution in [0, 0.1) is 0 Å². The number of hydrogen-bond acceptors (Lipinski definition) is 3. The van der Waals surface area contributed by atoms with Crippen LogP contribution in [0.25, 0.3) is 0 Å². The van der Waals surface area contributed by atoms with E-state index in [0.29, 0.717) is 25.3 Å². The first kappa shape index (κ1) is 13.6. The van der Waals surface area contributed by atoms with E-state index in [2.05, 4.69) is 12.2 Å². The highest BCUT2D eigenvalue weighted by molar-refractivity contribution is 6.46. The first-order valence-electron chi connectivity index (χ1n) is 5.16. The van der Waals surface area contributed by atoms with Crippen molar-refractivity contribution < 1.29 is 13.6 Å². The zero-order chi connectivity index (χ0) is 10.8. The van der Waals surface area contributed by atoms with Crippen molar-refractivity contribution in [2.24, 2.45) is 0 Å². The summed E-state index contributed by atoms with van der Waals surface area (Å²) in [5.74, 6) is 0. The Balaban J connectivity index is 3.74. The van der Waals surface area contributed by atoms with E-state index in [1.807, 2.05) is 13.8 Å². The lowest BCUT2D eigenvalue weighted by atomic mass is 10.3. The molecule has 0 aromatic rings. The van der Waals surface area contributed by atoms with Crippen molar-refractivity contribution >= 4 is 15.7 Å². The van der Waals surface area contributed by atoms with Crippen molar-refractivity contribution in [3.8, 4) is 0 Å². The fourth-order valence-electron chi connectivity index (χ4n) is 1.21. The summed E-state index contributed by atoms with van der Waals surface area (Å²) >= 11 is 0. The van der Waals surface area contributed by atoms with E-state index in [-0.39, 0.29) is 0 Å². The van der Waals surface area contributed by atoms with Crippen LogP contribution in [0.3, 0.4) is 0 Å². The van der Waals surface area contributed by atoms with Crippen LogP contribution in [0.15, 0.2) is 0 Å². The van der Waals surface area contributed by atoms with Crippen molar-refractivity contribution in [3.05, 3.63) is 0 Å². The molecule has 0 aliphatic heterocycles. The van der Waals surface area contributed by atoms with Gasteiger partial charge in [-0.3, -0.25) is 4.79 Å². The van der Waals surface area contributed by atoms with Crippen molar-refractivity contribution in [3.63, 3.8) is 0 Å². The number of rotatable bonds is 9. The Morgan fingerprint density at radius 2 is 1.93 bits per heavy atom. The second kappa shape index (κ2) is 9.17. The molecule has 14 heavy (non-hydrogen) atoms. The van der Waals surface area contributed by atoms with Crippen LogP contribution in [-0.2, 0) is 13.6 Å². The molecule has 4 nitrogen and oxygen atoms in total. The Labute approximate surface area is 87.8 Å². The molecule has 0 aliphatic carbocycles. The van der Waals surface area contributed by atoms with Gasteiger partial charge < -0.3 is 14.2 Å². The summed E-state index contributed by atoms with van der Waals surface area (Å²) in [6, 6.07) is 0. The zero-order valence-corrected chi connectivity index (χ0v) is 10.4. The molecule has 0 bridgehead atoms. The Bertz CT molecular complexity index is 140. The van der Waals surface area contributed by atoms with Gasteiger partial charge in [-0.15, -0.1) is 0 Å². The summed E-state index contributed by atoms with van der Waals surface area (Å²) in [6.45, 7) is 8.21. The number of carbonyl (C=O) groups excluding carboxylic acids is 1. The molecule has 5 heteroatoms. The molecule has 0 radical (unpaired) electrons. The van der Waals surface area contributed by atoms with Crippen LogP contribution in [0.1, 0.15) is 27.2 Å². The van der Waals surface area contributed by atoms with Gasteiger partial charge in [0.05, 0.1) is 0 Å². The number of carbonyl (C=O) groups is 1. The van der Waals surface area contributed by atoms with Crippen molar-refractivity contribution in [1.29, 1.82) is 0 Å². The van der Waals surface area contributed by atoms with E-state index >= 15 is 0 Å². The monoisotopic (exact) mass is 219 g/mol. The van der Waals surface area contributed by atoms with Crippen LogP contribution < -0.4 is 5.32 Å². The summed E-state index contributed by atoms with van der Waals surface area (Å²) in [4.78, 5) is 10.0. The molecule has 0 fully saturated rings. The third-order valence-electron chi connectivity index (χ3n) is 1.95. The summed E-state index contributed by atoms with van der Waals surface area (Å²) in [7, 11) is -1.53. The standard InChI is InChI=1S/C9H21NO3Si/c1-4-12-14(13-5-2)9(3)6-7-10-8-11/h8-9,14H,4-7H2,1-3H3,(H,10,11). The van der Waals surface area contributed by atoms with Gasteiger partial charge in [0.15, 0.2) is 0 Å². The summed E-state index contributed by atoms with van der Waals surface area (Å²) in [6.07, 6.45) is 1.65. The van der Waals surface area contributed by atoms with Crippen LogP contribution in [0.2, 0.25) is 5.54 Å². The van der Waals surface area contributed by atoms with Gasteiger partial charge in [-0.2, -0.15) is 0 Å². The minimum atomic E-state index is -1.53. The molecule has 1 amide bonds. The fraction of sp³-hybridized carbons (Fsp3) is 0.889. The molecule has 1 atom stereocenters. The molecule has 0 aromatic carbocycles. The average molecular weight is 219 g/mol. The van der Waals surface area contributed by atoms with E-state index in [0.717, 1.165) is 12.8 Å². The van der Waals surface area contributed by atoms with Gasteiger partial charge in [0.1, 0.15) is 0 Å². The second-order valence-corrected chi connectivity index (χ2v) is 5.66. The predicted octanol–water partition coefficient (Wildman–Crippen LogP) is 0.806. The third kappa shape index (κ3) is 6.12. The summed E-state index contributed by atoms with van der Waals surface area (Å²) in [5, 5.41) is 2.65. The van der Waals surface area contributed by atoms with Crippen LogP contribution in [0.5, 0.6) is 0 Å². The van der Waals surface area contributed by atoms with Gasteiger partial charge in [0.25, 0.3) is 0 Å². The number of amides is 1. The normalized spacial score (nSPS) is 12.9. The lowest BCUT2D eigenvalue weighted by Crippen LogP contribution is -2.29. The van der Waals surface area contributed by atoms with Gasteiger partial charge in [-0.25, -0.2) is 0 Å². The van der Waals surface area contributed by atoms with E-state index in [1.54, 1.807) is 0 Å². The average Bonchev–Trinajstić information content (AvgIpc) is 2.18. The quantitative estimate of drug-likeness (QED) is 0.354. The van der Waals surface area contributed by atoms with E-state index in [9.17, 15) is 4.79 Å². The zero-order valence-electron chi connectivity index (χ0n) is 9.29. The van der Waals surface area contributed by atoms with E-state index in [4.69, 9.17) is 8.85 Å². The molecule has 0 saturated heterocycles. The van der Waals surface area contributed by atoms with Crippen molar-refractivity contribution in [2.45, 2.75) is 32.7 Å². The highest BCUT2D eigenvalue weighted by atomic mass is 28.3. The molecule has 1 N–H and O–H groups in total. The van der Waals surface area contributed by atoms with Crippen molar-refractivity contribution in [2.75, 3.05) is 19.8 Å². The van der Waals surface area contributed by atoms with Gasteiger partial charge in [-0.1, -0.05) is 6.92 Å². The SMILES string of the molecule is CCO[SiH](OCC)C(C)CCNC=O. The second-order valence-electron chi connectivity index (χ2n) is 3.12. The highest BCUT2D eigenvalue weighted by Gasteiger charge is 2.20. The molecule has 0 heterocycles. The van der Waals surface area contributed by atoms with E-state index in [1.165, 1.54) is 0 Å². The minimum absolute atomic E-state index is 0.433. The Hall–Kier alpha value is -0.393. The lowest BCUT2D eigenvalue weighted by molar-refractivity contribution is -0.109. The van der Waals surface area contributed by atoms with Gasteiger partial charge in [-0.05, 0) is 25.8 Å². The molecule has 0 aliphatic rings. The minimum Gasteiger partial charge on any atom is -0.397 e. The largest absolute Gasteiger partial charge is 0.397 e. The molecule has 0 aromatic heterocycles. The molecule has 0 rings (SSSR count). The summed E-state index contributed by atoms with van der Waals surface area (Å²) in [5.41, 5.74) is 0.433. The molecule has 0 saturated carbocycles. The number of nitrogens with one attached hydrogen (secondary N) is 1. The highest BCUT2D eigenvalue weighted by Crippen LogP contribution is 2.15. The van der Waals surface area contributed by atoms with Crippen LogP contribution in [-0.4, -0.2) is 35.5 Å². The maximum absolute atomic E-state index is 10.0. The maximum atomic E-state index is 10.0. The molecule has 84 valence electrons. The van der Waals surface area contributed by atoms with Gasteiger partial charge in [0, 0.05) is 19.8 Å². The molecular formula is C9H21NO3Si. The Morgan fingerprint density at radius 3 is 2.36 bits per heavy atom. The lowest BCUT2D eigenvalue weighted by Gasteiger charge is -2.21. The third-order valence-corrected chi connectivity index (χ3v) is 4.54. The predicted molar refractivity (Wildman–Crippen MR) is 58.5 cm³/mol. The van der Waals surface area contributed by atoms with E-state index < -0.39 is 9.28 Å². The Kier molecular flexibility index (Phi) is 8.92. The van der Waals surface area contributed by atoms with Crippen LogP contribution in [0.4, 0.5) is 0 Å². The topological polar surface area (TPSA) is 47.6 Å². The summed E-state index contributed by atoms with van der Waals surface area (Å²) < 4.78 is 11.2. The van der Waals surface area contributed by atoms with Crippen molar-refractivity contribution in [1.82, 2.24) is 5.32 Å².